The molecule has 142 valence electrons. The van der Waals surface area contributed by atoms with E-state index in [9.17, 15) is 19.5 Å². The minimum absolute atomic E-state index is 0.0751. The van der Waals surface area contributed by atoms with E-state index in [1.165, 1.54) is 0 Å². The van der Waals surface area contributed by atoms with Crippen molar-refractivity contribution in [3.63, 3.8) is 0 Å². The number of aliphatic hydroxyl groups excluding tert-OH is 1. The second kappa shape index (κ2) is 12.0. The Balaban J connectivity index is 2.39. The SMILES string of the molecule is CCCCCC(=O)CC[C@@H]1[C@H](C/C=C\CCCC(=O)O)C(=O)C[C@@H]1O. The van der Waals surface area contributed by atoms with Gasteiger partial charge in [-0.25, -0.2) is 0 Å². The van der Waals surface area contributed by atoms with E-state index in [0.29, 0.717) is 38.5 Å². The Kier molecular flexibility index (Phi) is 10.3. The number of Topliss-reactive ketones (excluding diaryl/α,β-unsaturated/α-hetero) is 2. The summed E-state index contributed by atoms with van der Waals surface area (Å²) in [7, 11) is 0. The van der Waals surface area contributed by atoms with Gasteiger partial charge in [-0.05, 0) is 38.0 Å². The second-order valence-electron chi connectivity index (χ2n) is 7.04. The normalized spacial score (nSPS) is 23.4. The van der Waals surface area contributed by atoms with E-state index in [0.717, 1.165) is 19.3 Å². The van der Waals surface area contributed by atoms with Crippen LogP contribution < -0.4 is 0 Å². The molecule has 1 rings (SSSR count). The third-order valence-electron chi connectivity index (χ3n) is 4.97. The van der Waals surface area contributed by atoms with Crippen LogP contribution in [0.1, 0.15) is 77.6 Å². The molecule has 5 nitrogen and oxygen atoms in total. The fraction of sp³-hybridized carbons (Fsp3) is 0.750. The number of aliphatic hydroxyl groups is 1. The molecule has 0 aromatic rings. The second-order valence-corrected chi connectivity index (χ2v) is 7.04. The molecule has 25 heavy (non-hydrogen) atoms. The molecule has 3 atom stereocenters. The molecule has 1 saturated carbocycles. The minimum atomic E-state index is -0.800. The van der Waals surface area contributed by atoms with Gasteiger partial charge in [-0.2, -0.15) is 0 Å². The first-order valence-electron chi connectivity index (χ1n) is 9.55. The molecule has 0 heterocycles. The zero-order chi connectivity index (χ0) is 18.7. The van der Waals surface area contributed by atoms with E-state index in [1.54, 1.807) is 0 Å². The maximum absolute atomic E-state index is 12.1. The van der Waals surface area contributed by atoms with Gasteiger partial charge in [-0.15, -0.1) is 0 Å². The number of hydrogen-bond donors (Lipinski definition) is 2. The van der Waals surface area contributed by atoms with Crippen molar-refractivity contribution >= 4 is 17.5 Å². The smallest absolute Gasteiger partial charge is 0.303 e. The summed E-state index contributed by atoms with van der Waals surface area (Å²) in [5, 5.41) is 18.7. The highest BCUT2D eigenvalue weighted by Gasteiger charge is 2.40. The highest BCUT2D eigenvalue weighted by atomic mass is 16.4. The predicted octanol–water partition coefficient (Wildman–Crippen LogP) is 3.68. The van der Waals surface area contributed by atoms with Gasteiger partial charge in [0.1, 0.15) is 11.6 Å². The monoisotopic (exact) mass is 352 g/mol. The Hall–Kier alpha value is -1.49. The number of carboxylic acids is 1. The Morgan fingerprint density at radius 2 is 1.88 bits per heavy atom. The van der Waals surface area contributed by atoms with Crippen LogP contribution in [0.5, 0.6) is 0 Å². The molecule has 1 aliphatic carbocycles. The first kappa shape index (κ1) is 21.6. The maximum atomic E-state index is 12.1. The molecule has 0 aromatic carbocycles. The number of aliphatic carboxylic acids is 1. The quantitative estimate of drug-likeness (QED) is 0.390. The van der Waals surface area contributed by atoms with Gasteiger partial charge in [0.05, 0.1) is 6.10 Å². The fourth-order valence-corrected chi connectivity index (χ4v) is 3.47. The molecule has 1 fully saturated rings. The Morgan fingerprint density at radius 1 is 1.12 bits per heavy atom. The number of carboxylic acid groups (broad SMARTS) is 1. The molecule has 0 unspecified atom stereocenters. The van der Waals surface area contributed by atoms with Crippen molar-refractivity contribution in [3.05, 3.63) is 12.2 Å². The summed E-state index contributed by atoms with van der Waals surface area (Å²) in [6.07, 6.45) is 10.0. The average molecular weight is 352 g/mol. The molecule has 5 heteroatoms. The van der Waals surface area contributed by atoms with E-state index in [1.807, 2.05) is 12.2 Å². The van der Waals surface area contributed by atoms with E-state index >= 15 is 0 Å². The lowest BCUT2D eigenvalue weighted by molar-refractivity contribution is -0.137. The number of rotatable bonds is 13. The molecular formula is C20H32O5. The van der Waals surface area contributed by atoms with Crippen molar-refractivity contribution in [3.8, 4) is 0 Å². The summed E-state index contributed by atoms with van der Waals surface area (Å²) in [5.74, 6) is -0.847. The number of allylic oxidation sites excluding steroid dienone is 2. The summed E-state index contributed by atoms with van der Waals surface area (Å²) in [4.78, 5) is 34.5. The standard InChI is InChI=1S/C20H32O5/c1-2-3-6-9-15(21)12-13-17-16(18(22)14-19(17)23)10-7-4-5-8-11-20(24)25/h4,7,16-17,19,23H,2-3,5-6,8-14H2,1H3,(H,24,25)/b7-4-/t16-,17+,19-/m0/s1. The van der Waals surface area contributed by atoms with Gasteiger partial charge in [0, 0.05) is 31.6 Å². The van der Waals surface area contributed by atoms with Crippen LogP contribution in [0.3, 0.4) is 0 Å². The van der Waals surface area contributed by atoms with Crippen molar-refractivity contribution in [2.75, 3.05) is 0 Å². The van der Waals surface area contributed by atoms with Crippen LogP contribution in [0.25, 0.3) is 0 Å². The first-order valence-corrected chi connectivity index (χ1v) is 9.55. The van der Waals surface area contributed by atoms with Crippen LogP contribution in [-0.2, 0) is 14.4 Å². The predicted molar refractivity (Wildman–Crippen MR) is 96.2 cm³/mol. The van der Waals surface area contributed by atoms with Gasteiger partial charge >= 0.3 is 5.97 Å². The van der Waals surface area contributed by atoms with Crippen LogP contribution in [0.15, 0.2) is 12.2 Å². The van der Waals surface area contributed by atoms with Gasteiger partial charge in [0.2, 0.25) is 0 Å². The zero-order valence-corrected chi connectivity index (χ0v) is 15.3. The molecule has 2 N–H and O–H groups in total. The van der Waals surface area contributed by atoms with Crippen LogP contribution in [-0.4, -0.2) is 33.9 Å². The number of ketones is 2. The molecular weight excluding hydrogens is 320 g/mol. The van der Waals surface area contributed by atoms with Crippen molar-refractivity contribution in [1.29, 1.82) is 0 Å². The topological polar surface area (TPSA) is 91.7 Å². The fourth-order valence-electron chi connectivity index (χ4n) is 3.47. The van der Waals surface area contributed by atoms with Gasteiger partial charge < -0.3 is 10.2 Å². The lowest BCUT2D eigenvalue weighted by Crippen LogP contribution is -2.21. The van der Waals surface area contributed by atoms with Gasteiger partial charge in [-0.3, -0.25) is 14.4 Å². The summed E-state index contributed by atoms with van der Waals surface area (Å²) in [6.45, 7) is 2.10. The number of carbonyl (C=O) groups is 3. The maximum Gasteiger partial charge on any atom is 0.303 e. The van der Waals surface area contributed by atoms with E-state index in [4.69, 9.17) is 5.11 Å². The van der Waals surface area contributed by atoms with Crippen LogP contribution >= 0.6 is 0 Å². The van der Waals surface area contributed by atoms with Crippen molar-refractivity contribution in [1.82, 2.24) is 0 Å². The minimum Gasteiger partial charge on any atom is -0.481 e. The summed E-state index contributed by atoms with van der Waals surface area (Å²) < 4.78 is 0. The average Bonchev–Trinajstić information content (AvgIpc) is 2.82. The number of unbranched alkanes of at least 4 members (excludes halogenated alkanes) is 3. The van der Waals surface area contributed by atoms with Gasteiger partial charge in [-0.1, -0.05) is 31.9 Å². The Bertz CT molecular complexity index is 469. The van der Waals surface area contributed by atoms with Crippen molar-refractivity contribution < 1.29 is 24.6 Å². The largest absolute Gasteiger partial charge is 0.481 e. The molecule has 0 amide bonds. The van der Waals surface area contributed by atoms with E-state index in [2.05, 4.69) is 6.92 Å². The lowest BCUT2D eigenvalue weighted by atomic mass is 9.86. The van der Waals surface area contributed by atoms with Crippen molar-refractivity contribution in [2.45, 2.75) is 83.7 Å². The Labute approximate surface area is 150 Å². The summed E-state index contributed by atoms with van der Waals surface area (Å²) in [6, 6.07) is 0. The molecule has 0 aliphatic heterocycles. The summed E-state index contributed by atoms with van der Waals surface area (Å²) in [5.41, 5.74) is 0. The lowest BCUT2D eigenvalue weighted by Gasteiger charge is -2.19. The molecule has 0 bridgehead atoms. The van der Waals surface area contributed by atoms with Crippen LogP contribution in [0.2, 0.25) is 0 Å². The number of carbonyl (C=O) groups excluding carboxylic acids is 2. The Morgan fingerprint density at radius 3 is 2.56 bits per heavy atom. The third kappa shape index (κ3) is 8.43. The molecule has 0 aromatic heterocycles. The molecule has 0 spiro atoms. The zero-order valence-electron chi connectivity index (χ0n) is 15.3. The van der Waals surface area contributed by atoms with Crippen LogP contribution in [0.4, 0.5) is 0 Å². The van der Waals surface area contributed by atoms with E-state index in [-0.39, 0.29) is 36.2 Å². The molecule has 1 aliphatic rings. The highest BCUT2D eigenvalue weighted by Crippen LogP contribution is 2.35. The van der Waals surface area contributed by atoms with Gasteiger partial charge in [0.25, 0.3) is 0 Å². The highest BCUT2D eigenvalue weighted by molar-refractivity contribution is 5.84. The van der Waals surface area contributed by atoms with Crippen LogP contribution in [0, 0.1) is 11.8 Å². The number of hydrogen-bond acceptors (Lipinski definition) is 4. The van der Waals surface area contributed by atoms with Crippen molar-refractivity contribution in [2.24, 2.45) is 11.8 Å². The third-order valence-corrected chi connectivity index (χ3v) is 4.97. The summed E-state index contributed by atoms with van der Waals surface area (Å²) >= 11 is 0. The first-order chi connectivity index (χ1) is 12.0. The van der Waals surface area contributed by atoms with Gasteiger partial charge in [0.15, 0.2) is 0 Å². The van der Waals surface area contributed by atoms with E-state index < -0.39 is 12.1 Å². The molecule has 0 radical (unpaired) electrons. The molecule has 0 saturated heterocycles.